The topological polar surface area (TPSA) is 94.9 Å². The van der Waals surface area contributed by atoms with Gasteiger partial charge >= 0.3 is 11.9 Å². The third-order valence-corrected chi connectivity index (χ3v) is 4.30. The molecule has 7 heteroatoms. The van der Waals surface area contributed by atoms with Gasteiger partial charge in [-0.15, -0.1) is 0 Å². The molecule has 1 saturated heterocycles. The predicted molar refractivity (Wildman–Crippen MR) is 97.2 cm³/mol. The fourth-order valence-corrected chi connectivity index (χ4v) is 2.93. The first kappa shape index (κ1) is 19.5. The van der Waals surface area contributed by atoms with Crippen LogP contribution in [0.25, 0.3) is 0 Å². The molecule has 3 rings (SSSR count). The summed E-state index contributed by atoms with van der Waals surface area (Å²) in [4.78, 5) is 25.0. The summed E-state index contributed by atoms with van der Waals surface area (Å²) in [5.74, 6) is -1.20. The van der Waals surface area contributed by atoms with Gasteiger partial charge in [0.15, 0.2) is 18.5 Å². The van der Waals surface area contributed by atoms with Gasteiger partial charge in [0.2, 0.25) is 0 Å². The number of nitrogens with zero attached hydrogens (tertiary/aromatic N) is 1. The molecule has 0 spiro atoms. The van der Waals surface area contributed by atoms with Crippen molar-refractivity contribution in [1.29, 1.82) is 5.26 Å². The van der Waals surface area contributed by atoms with Crippen LogP contribution < -0.4 is 0 Å². The summed E-state index contributed by atoms with van der Waals surface area (Å²) in [6.07, 6.45) is -3.78. The van der Waals surface area contributed by atoms with Crippen molar-refractivity contribution in [3.8, 4) is 6.07 Å². The molecule has 1 aliphatic heterocycles. The zero-order valence-electron chi connectivity index (χ0n) is 15.2. The molecule has 1 fully saturated rings. The molecule has 2 aromatic carbocycles. The molecule has 0 N–H and O–H groups in total. The van der Waals surface area contributed by atoms with Crippen LogP contribution in [0.2, 0.25) is 0 Å². The smallest absolute Gasteiger partial charge is 0.338 e. The van der Waals surface area contributed by atoms with Gasteiger partial charge < -0.3 is 18.9 Å². The minimum Gasteiger partial charge on any atom is -0.452 e. The second kappa shape index (κ2) is 9.13. The van der Waals surface area contributed by atoms with E-state index in [4.69, 9.17) is 24.2 Å². The van der Waals surface area contributed by atoms with E-state index in [-0.39, 0.29) is 6.42 Å². The molecule has 0 saturated carbocycles. The number of rotatable bonds is 6. The summed E-state index contributed by atoms with van der Waals surface area (Å²) in [5.41, 5.74) is 0.682. The molecule has 144 valence electrons. The van der Waals surface area contributed by atoms with Gasteiger partial charge in [0.25, 0.3) is 0 Å². The molecular weight excluding hydrogens is 362 g/mol. The second-order valence-corrected chi connectivity index (χ2v) is 6.11. The minimum absolute atomic E-state index is 0.0496. The fraction of sp³-hybridized carbons (Fsp3) is 0.286. The number of benzene rings is 2. The number of carbonyl (C=O) groups is 2. The molecule has 2 aromatic rings. The normalized spacial score (nSPS) is 23.6. The number of methoxy groups -OCH3 is 1. The van der Waals surface area contributed by atoms with E-state index in [0.29, 0.717) is 11.1 Å². The fourth-order valence-electron chi connectivity index (χ4n) is 2.93. The maximum absolute atomic E-state index is 12.5. The van der Waals surface area contributed by atoms with E-state index in [9.17, 15) is 9.59 Å². The van der Waals surface area contributed by atoms with E-state index in [1.807, 2.05) is 6.07 Å². The highest BCUT2D eigenvalue weighted by molar-refractivity contribution is 5.90. The maximum Gasteiger partial charge on any atom is 0.338 e. The third kappa shape index (κ3) is 4.36. The maximum atomic E-state index is 12.5. The highest BCUT2D eigenvalue weighted by atomic mass is 16.7. The highest BCUT2D eigenvalue weighted by Gasteiger charge is 2.50. The molecule has 4 atom stereocenters. The van der Waals surface area contributed by atoms with Crippen LogP contribution in [0.4, 0.5) is 0 Å². The van der Waals surface area contributed by atoms with Crippen LogP contribution in [0, 0.1) is 11.3 Å². The summed E-state index contributed by atoms with van der Waals surface area (Å²) in [6, 6.07) is 18.8. The lowest BCUT2D eigenvalue weighted by Crippen LogP contribution is -2.41. The number of hydrogen-bond donors (Lipinski definition) is 0. The van der Waals surface area contributed by atoms with Gasteiger partial charge in [-0.3, -0.25) is 0 Å². The quantitative estimate of drug-likeness (QED) is 0.710. The van der Waals surface area contributed by atoms with E-state index in [2.05, 4.69) is 0 Å². The summed E-state index contributed by atoms with van der Waals surface area (Å²) in [5, 5.41) is 9.08. The van der Waals surface area contributed by atoms with Gasteiger partial charge in [-0.2, -0.15) is 5.26 Å². The molecule has 0 bridgehead atoms. The highest BCUT2D eigenvalue weighted by Crippen LogP contribution is 2.30. The van der Waals surface area contributed by atoms with Crippen molar-refractivity contribution in [2.75, 3.05) is 7.11 Å². The molecule has 0 radical (unpaired) electrons. The number of nitriles is 1. The Labute approximate surface area is 162 Å². The van der Waals surface area contributed by atoms with E-state index in [1.54, 1.807) is 60.7 Å². The zero-order chi connectivity index (χ0) is 19.9. The molecule has 7 nitrogen and oxygen atoms in total. The Morgan fingerprint density at radius 1 is 0.929 bits per heavy atom. The third-order valence-electron chi connectivity index (χ3n) is 4.30. The molecule has 1 aliphatic rings. The first-order valence-electron chi connectivity index (χ1n) is 8.71. The van der Waals surface area contributed by atoms with Crippen LogP contribution >= 0.6 is 0 Å². The molecular formula is C21H19NO6. The van der Waals surface area contributed by atoms with Gasteiger partial charge in [0, 0.05) is 7.11 Å². The van der Waals surface area contributed by atoms with Crippen molar-refractivity contribution in [2.45, 2.75) is 31.0 Å². The Balaban J connectivity index is 1.82. The van der Waals surface area contributed by atoms with Gasteiger partial charge in [-0.25, -0.2) is 9.59 Å². The number of ether oxygens (including phenoxy) is 4. The predicted octanol–water partition coefficient (Wildman–Crippen LogP) is 2.72. The average molecular weight is 381 g/mol. The van der Waals surface area contributed by atoms with Crippen LogP contribution in [0.15, 0.2) is 60.7 Å². The second-order valence-electron chi connectivity index (χ2n) is 6.11. The van der Waals surface area contributed by atoms with Crippen LogP contribution in [-0.2, 0) is 18.9 Å². The first-order valence-corrected chi connectivity index (χ1v) is 8.71. The van der Waals surface area contributed by atoms with Crippen LogP contribution in [0.1, 0.15) is 27.1 Å². The van der Waals surface area contributed by atoms with Crippen molar-refractivity contribution >= 4 is 11.9 Å². The van der Waals surface area contributed by atoms with Crippen molar-refractivity contribution in [1.82, 2.24) is 0 Å². The van der Waals surface area contributed by atoms with Crippen LogP contribution in [0.3, 0.4) is 0 Å². The lowest BCUT2D eigenvalue weighted by molar-refractivity contribution is -0.149. The van der Waals surface area contributed by atoms with Crippen LogP contribution in [-0.4, -0.2) is 43.7 Å². The Hall–Kier alpha value is -3.21. The van der Waals surface area contributed by atoms with Crippen molar-refractivity contribution in [2.24, 2.45) is 0 Å². The monoisotopic (exact) mass is 381 g/mol. The molecule has 0 aliphatic carbocycles. The Bertz CT molecular complexity index is 848. The van der Waals surface area contributed by atoms with Crippen LogP contribution in [0.5, 0.6) is 0 Å². The van der Waals surface area contributed by atoms with Gasteiger partial charge in [-0.05, 0) is 24.3 Å². The Morgan fingerprint density at radius 2 is 1.43 bits per heavy atom. The Kier molecular flexibility index (Phi) is 6.37. The van der Waals surface area contributed by atoms with E-state index < -0.39 is 36.5 Å². The lowest BCUT2D eigenvalue weighted by atomic mass is 10.1. The van der Waals surface area contributed by atoms with Gasteiger partial charge in [0.1, 0.15) is 6.10 Å². The van der Waals surface area contributed by atoms with Gasteiger partial charge in [0.05, 0.1) is 23.6 Å². The number of esters is 2. The van der Waals surface area contributed by atoms with E-state index in [1.165, 1.54) is 7.11 Å². The van der Waals surface area contributed by atoms with Crippen molar-refractivity contribution in [3.05, 3.63) is 71.8 Å². The molecule has 0 aromatic heterocycles. The first-order chi connectivity index (χ1) is 13.6. The largest absolute Gasteiger partial charge is 0.452 e. The van der Waals surface area contributed by atoms with Crippen molar-refractivity contribution < 1.29 is 28.5 Å². The van der Waals surface area contributed by atoms with E-state index in [0.717, 1.165) is 0 Å². The molecule has 1 heterocycles. The summed E-state index contributed by atoms with van der Waals surface area (Å²) >= 11 is 0. The summed E-state index contributed by atoms with van der Waals surface area (Å²) in [7, 11) is 1.39. The standard InChI is InChI=1S/C21H19NO6/c1-25-21-18(28-20(24)15-10-6-3-7-11-15)17(16(26-21)12-13-22)27-19(23)14-8-4-2-5-9-14/h2-11,16-18,21H,12H2,1H3/t16-,17-,18-,21+/m1/s1. The van der Waals surface area contributed by atoms with Crippen molar-refractivity contribution in [3.63, 3.8) is 0 Å². The molecule has 28 heavy (non-hydrogen) atoms. The number of carbonyl (C=O) groups excluding carboxylic acids is 2. The summed E-state index contributed by atoms with van der Waals surface area (Å²) < 4.78 is 22.0. The lowest BCUT2D eigenvalue weighted by Gasteiger charge is -2.23. The summed E-state index contributed by atoms with van der Waals surface area (Å²) in [6.45, 7) is 0. The average Bonchev–Trinajstić information content (AvgIpc) is 3.05. The minimum atomic E-state index is -1.01. The zero-order valence-corrected chi connectivity index (χ0v) is 15.2. The molecule has 0 unspecified atom stereocenters. The Morgan fingerprint density at radius 3 is 1.89 bits per heavy atom. The SMILES string of the molecule is CO[C@H]1O[C@H](CC#N)[C@@H](OC(=O)c2ccccc2)[C@H]1OC(=O)c1ccccc1. The molecule has 0 amide bonds. The van der Waals surface area contributed by atoms with E-state index >= 15 is 0 Å². The van der Waals surface area contributed by atoms with Gasteiger partial charge in [-0.1, -0.05) is 36.4 Å². The number of hydrogen-bond acceptors (Lipinski definition) is 7.